The zero-order valence-corrected chi connectivity index (χ0v) is 10.3. The normalized spacial score (nSPS) is 32.5. The summed E-state index contributed by atoms with van der Waals surface area (Å²) in [4.78, 5) is 0. The molecule has 1 nitrogen and oxygen atoms in total. The quantitative estimate of drug-likeness (QED) is 0.692. The van der Waals surface area contributed by atoms with Crippen molar-refractivity contribution in [3.63, 3.8) is 0 Å². The molecule has 1 heteroatoms. The summed E-state index contributed by atoms with van der Waals surface area (Å²) >= 11 is 0. The molecule has 1 N–H and O–H groups in total. The minimum absolute atomic E-state index is 0.468. The summed E-state index contributed by atoms with van der Waals surface area (Å²) in [7, 11) is 0. The minimum atomic E-state index is 0.468. The van der Waals surface area contributed by atoms with Crippen molar-refractivity contribution in [1.29, 1.82) is 0 Å². The number of hydrogen-bond acceptors (Lipinski definition) is 1. The van der Waals surface area contributed by atoms with Crippen LogP contribution in [0, 0.1) is 12.8 Å². The number of hydrogen-bond donors (Lipinski definition) is 1. The van der Waals surface area contributed by atoms with Crippen molar-refractivity contribution in [3.8, 4) is 0 Å². The highest BCUT2D eigenvalue weighted by molar-refractivity contribution is 5.61. The Morgan fingerprint density at radius 2 is 2.00 bits per heavy atom. The first-order valence-corrected chi connectivity index (χ1v) is 6.55. The second-order valence-electron chi connectivity index (χ2n) is 5.87. The minimum Gasteiger partial charge on any atom is -0.384 e. The molecular formula is C15H21N. The van der Waals surface area contributed by atoms with Gasteiger partial charge in [-0.3, -0.25) is 0 Å². The Morgan fingerprint density at radius 3 is 2.75 bits per heavy atom. The van der Waals surface area contributed by atoms with Gasteiger partial charge < -0.3 is 5.32 Å². The van der Waals surface area contributed by atoms with Gasteiger partial charge in [-0.25, -0.2) is 0 Å². The van der Waals surface area contributed by atoms with Crippen LogP contribution in [0.3, 0.4) is 0 Å². The molecule has 0 unspecified atom stereocenters. The predicted molar refractivity (Wildman–Crippen MR) is 69.0 cm³/mol. The van der Waals surface area contributed by atoms with Gasteiger partial charge >= 0.3 is 0 Å². The van der Waals surface area contributed by atoms with E-state index in [2.05, 4.69) is 37.4 Å². The number of anilines is 1. The van der Waals surface area contributed by atoms with E-state index in [-0.39, 0.29) is 0 Å². The molecule has 0 saturated heterocycles. The summed E-state index contributed by atoms with van der Waals surface area (Å²) in [5.41, 5.74) is 4.82. The number of nitrogens with one attached hydrogen (secondary N) is 1. The van der Waals surface area contributed by atoms with Crippen LogP contribution < -0.4 is 5.32 Å². The first-order valence-electron chi connectivity index (χ1n) is 6.55. The lowest BCUT2D eigenvalue weighted by Crippen LogP contribution is -2.33. The molecule has 0 radical (unpaired) electrons. The van der Waals surface area contributed by atoms with Gasteiger partial charge in [0.15, 0.2) is 0 Å². The number of aryl methyl sites for hydroxylation is 1. The molecule has 2 aliphatic rings. The van der Waals surface area contributed by atoms with Gasteiger partial charge in [-0.2, -0.15) is 0 Å². The summed E-state index contributed by atoms with van der Waals surface area (Å²) in [5, 5.41) is 3.62. The molecule has 0 atom stereocenters. The Labute approximate surface area is 98.3 Å². The van der Waals surface area contributed by atoms with Gasteiger partial charge in [0, 0.05) is 17.6 Å². The molecule has 1 fully saturated rings. The Kier molecular flexibility index (Phi) is 2.24. The summed E-state index contributed by atoms with van der Waals surface area (Å²) in [6, 6.07) is 6.94. The van der Waals surface area contributed by atoms with Crippen LogP contribution in [0.15, 0.2) is 18.2 Å². The molecule has 1 aliphatic heterocycles. The Balaban J connectivity index is 1.96. The molecular weight excluding hydrogens is 194 g/mol. The lowest BCUT2D eigenvalue weighted by atomic mass is 9.68. The summed E-state index contributed by atoms with van der Waals surface area (Å²) < 4.78 is 0. The fourth-order valence-electron chi connectivity index (χ4n) is 3.39. The molecule has 0 aromatic heterocycles. The fraction of sp³-hybridized carbons (Fsp3) is 0.600. The van der Waals surface area contributed by atoms with E-state index in [0.717, 1.165) is 5.92 Å². The van der Waals surface area contributed by atoms with Gasteiger partial charge in [0.1, 0.15) is 0 Å². The van der Waals surface area contributed by atoms with Crippen molar-refractivity contribution in [2.45, 2.75) is 44.9 Å². The average molecular weight is 215 g/mol. The van der Waals surface area contributed by atoms with Crippen molar-refractivity contribution < 1.29 is 0 Å². The lowest BCUT2D eigenvalue weighted by molar-refractivity contribution is 0.261. The highest BCUT2D eigenvalue weighted by Crippen LogP contribution is 2.47. The number of rotatable bonds is 0. The van der Waals surface area contributed by atoms with E-state index in [1.165, 1.54) is 43.5 Å². The monoisotopic (exact) mass is 215 g/mol. The maximum absolute atomic E-state index is 3.62. The van der Waals surface area contributed by atoms with Crippen LogP contribution in [-0.4, -0.2) is 6.54 Å². The van der Waals surface area contributed by atoms with Gasteiger partial charge in [0.05, 0.1) is 0 Å². The molecule has 1 saturated carbocycles. The molecule has 1 spiro atoms. The van der Waals surface area contributed by atoms with Crippen molar-refractivity contribution in [1.82, 2.24) is 0 Å². The molecule has 1 aliphatic carbocycles. The predicted octanol–water partition coefficient (Wildman–Crippen LogP) is 3.87. The second-order valence-corrected chi connectivity index (χ2v) is 5.87. The molecule has 0 bridgehead atoms. The van der Waals surface area contributed by atoms with Crippen LogP contribution in [0.1, 0.15) is 43.7 Å². The molecule has 3 rings (SSSR count). The zero-order valence-electron chi connectivity index (χ0n) is 10.3. The van der Waals surface area contributed by atoms with E-state index in [4.69, 9.17) is 0 Å². The Bertz CT molecular complexity index is 400. The van der Waals surface area contributed by atoms with Gasteiger partial charge in [-0.1, -0.05) is 19.1 Å². The molecule has 1 aromatic carbocycles. The third-order valence-electron chi connectivity index (χ3n) is 4.60. The average Bonchev–Trinajstić information content (AvgIpc) is 2.62. The van der Waals surface area contributed by atoms with E-state index in [1.807, 2.05) is 0 Å². The van der Waals surface area contributed by atoms with Crippen LogP contribution in [-0.2, 0) is 5.41 Å². The number of benzene rings is 1. The molecule has 1 heterocycles. The summed E-state index contributed by atoms with van der Waals surface area (Å²) in [6.45, 7) is 5.74. The second kappa shape index (κ2) is 3.51. The fourth-order valence-corrected chi connectivity index (χ4v) is 3.39. The smallest absolute Gasteiger partial charge is 0.0382 e. The topological polar surface area (TPSA) is 12.0 Å². The number of fused-ring (bicyclic) bond motifs is 2. The highest BCUT2D eigenvalue weighted by Gasteiger charge is 2.40. The van der Waals surface area contributed by atoms with Gasteiger partial charge in [-0.15, -0.1) is 0 Å². The Morgan fingerprint density at radius 1 is 1.25 bits per heavy atom. The van der Waals surface area contributed by atoms with E-state index in [0.29, 0.717) is 5.41 Å². The molecule has 86 valence electrons. The van der Waals surface area contributed by atoms with E-state index in [9.17, 15) is 0 Å². The molecule has 0 amide bonds. The largest absolute Gasteiger partial charge is 0.384 e. The third-order valence-corrected chi connectivity index (χ3v) is 4.60. The van der Waals surface area contributed by atoms with Crippen LogP contribution >= 0.6 is 0 Å². The van der Waals surface area contributed by atoms with Crippen LogP contribution in [0.25, 0.3) is 0 Å². The first-order chi connectivity index (χ1) is 7.70. The van der Waals surface area contributed by atoms with E-state index in [1.54, 1.807) is 5.56 Å². The third kappa shape index (κ3) is 1.45. The molecule has 1 aromatic rings. The van der Waals surface area contributed by atoms with Crippen molar-refractivity contribution in [2.75, 3.05) is 11.9 Å². The maximum atomic E-state index is 3.62. The van der Waals surface area contributed by atoms with Crippen molar-refractivity contribution in [3.05, 3.63) is 29.3 Å². The highest BCUT2D eigenvalue weighted by atomic mass is 14.9. The summed E-state index contributed by atoms with van der Waals surface area (Å²) in [5.74, 6) is 0.931. The van der Waals surface area contributed by atoms with E-state index >= 15 is 0 Å². The molecule has 16 heavy (non-hydrogen) atoms. The van der Waals surface area contributed by atoms with Crippen LogP contribution in [0.2, 0.25) is 0 Å². The van der Waals surface area contributed by atoms with Crippen LogP contribution in [0.5, 0.6) is 0 Å². The standard InChI is InChI=1S/C15H21N/c1-11-5-7-15(8-6-11)10-16-14-9-12(2)3-4-13(14)15/h3-4,9,11,16H,5-8,10H2,1-2H3. The zero-order chi connectivity index (χ0) is 11.2. The van der Waals surface area contributed by atoms with Gasteiger partial charge in [0.25, 0.3) is 0 Å². The SMILES string of the molecule is Cc1ccc2c(c1)NCC21CCC(C)CC1. The first kappa shape index (κ1) is 10.2. The van der Waals surface area contributed by atoms with Crippen molar-refractivity contribution >= 4 is 5.69 Å². The van der Waals surface area contributed by atoms with E-state index < -0.39 is 0 Å². The maximum Gasteiger partial charge on any atom is 0.0382 e. The van der Waals surface area contributed by atoms with Crippen molar-refractivity contribution in [2.24, 2.45) is 5.92 Å². The Hall–Kier alpha value is -0.980. The van der Waals surface area contributed by atoms with Gasteiger partial charge in [-0.05, 0) is 55.7 Å². The van der Waals surface area contributed by atoms with Crippen LogP contribution in [0.4, 0.5) is 5.69 Å². The van der Waals surface area contributed by atoms with Gasteiger partial charge in [0.2, 0.25) is 0 Å². The summed E-state index contributed by atoms with van der Waals surface area (Å²) in [6.07, 6.45) is 5.54. The lowest BCUT2D eigenvalue weighted by Gasteiger charge is -2.36.